The number of aliphatic hydroxyl groups is 1. The van der Waals surface area contributed by atoms with Crippen molar-refractivity contribution in [1.29, 1.82) is 0 Å². The summed E-state index contributed by atoms with van der Waals surface area (Å²) in [6.07, 6.45) is 1.51. The summed E-state index contributed by atoms with van der Waals surface area (Å²) >= 11 is 0. The summed E-state index contributed by atoms with van der Waals surface area (Å²) in [5.74, 6) is -0.689. The number of hydrogen-bond donors (Lipinski definition) is 2. The van der Waals surface area contributed by atoms with Crippen molar-refractivity contribution in [2.24, 2.45) is 5.92 Å². The SMILES string of the molecule is C=C(C)C(=O)NCC(=O)OC1CC(CC[Si](O[Si](C)(C)C)(O[Si](C)(C)C)O[Si](C)(C)C)CCC1O. The fourth-order valence-corrected chi connectivity index (χ4v) is 18.9. The molecule has 0 radical (unpaired) electrons. The minimum absolute atomic E-state index is 0.242. The van der Waals surface area contributed by atoms with E-state index in [9.17, 15) is 14.7 Å². The molecular formula is C23H49NO7Si4. The Bertz CT molecular complexity index is 703. The van der Waals surface area contributed by atoms with Gasteiger partial charge in [0.1, 0.15) is 12.6 Å². The summed E-state index contributed by atoms with van der Waals surface area (Å²) in [5, 5.41) is 12.9. The van der Waals surface area contributed by atoms with E-state index >= 15 is 0 Å². The molecule has 0 aliphatic heterocycles. The van der Waals surface area contributed by atoms with Gasteiger partial charge < -0.3 is 27.5 Å². The molecular weight excluding hydrogens is 515 g/mol. The Balaban J connectivity index is 2.92. The average molecular weight is 564 g/mol. The van der Waals surface area contributed by atoms with Gasteiger partial charge in [-0.15, -0.1) is 0 Å². The lowest BCUT2D eigenvalue weighted by molar-refractivity contribution is -0.158. The zero-order valence-corrected chi connectivity index (χ0v) is 27.6. The van der Waals surface area contributed by atoms with Gasteiger partial charge >= 0.3 is 14.8 Å². The largest absolute Gasteiger partial charge is 0.469 e. The van der Waals surface area contributed by atoms with Crippen LogP contribution in [0.1, 0.15) is 32.6 Å². The summed E-state index contributed by atoms with van der Waals surface area (Å²) in [7, 11) is -8.77. The maximum atomic E-state index is 12.3. The number of carbonyl (C=O) groups excluding carboxylic acids is 2. The highest BCUT2D eigenvalue weighted by atomic mass is 28.5. The first-order valence-electron chi connectivity index (χ1n) is 12.6. The number of rotatable bonds is 13. The van der Waals surface area contributed by atoms with Gasteiger partial charge in [-0.3, -0.25) is 9.59 Å². The first-order valence-corrected chi connectivity index (χ1v) is 24.8. The van der Waals surface area contributed by atoms with Crippen molar-refractivity contribution in [3.63, 3.8) is 0 Å². The van der Waals surface area contributed by atoms with E-state index in [0.717, 1.165) is 18.9 Å². The van der Waals surface area contributed by atoms with Crippen LogP contribution in [0.5, 0.6) is 0 Å². The maximum Gasteiger partial charge on any atom is 0.469 e. The fraction of sp³-hybridized carbons (Fsp3) is 0.826. The van der Waals surface area contributed by atoms with Crippen molar-refractivity contribution >= 4 is 45.6 Å². The van der Waals surface area contributed by atoms with Crippen LogP contribution in [0.4, 0.5) is 0 Å². The van der Waals surface area contributed by atoms with Gasteiger partial charge in [-0.2, -0.15) is 0 Å². The Morgan fingerprint density at radius 3 is 1.83 bits per heavy atom. The van der Waals surface area contributed by atoms with Crippen LogP contribution in [0.3, 0.4) is 0 Å². The molecule has 0 heterocycles. The Labute approximate surface area is 216 Å². The molecule has 35 heavy (non-hydrogen) atoms. The highest BCUT2D eigenvalue weighted by Crippen LogP contribution is 2.36. The van der Waals surface area contributed by atoms with Crippen molar-refractivity contribution in [3.8, 4) is 0 Å². The summed E-state index contributed by atoms with van der Waals surface area (Å²) in [4.78, 5) is 23.9. The van der Waals surface area contributed by atoms with Crippen LogP contribution in [0, 0.1) is 5.92 Å². The molecule has 0 saturated heterocycles. The second-order valence-electron chi connectivity index (χ2n) is 12.6. The van der Waals surface area contributed by atoms with Crippen LogP contribution in [0.15, 0.2) is 12.2 Å². The molecule has 0 bridgehead atoms. The van der Waals surface area contributed by atoms with Gasteiger partial charge in [0.2, 0.25) is 5.91 Å². The molecule has 1 aliphatic carbocycles. The van der Waals surface area contributed by atoms with E-state index in [2.05, 4.69) is 70.8 Å². The molecule has 2 N–H and O–H groups in total. The van der Waals surface area contributed by atoms with Crippen molar-refractivity contribution in [2.75, 3.05) is 6.54 Å². The quantitative estimate of drug-likeness (QED) is 0.191. The Hall–Kier alpha value is -0.612. The number of nitrogens with one attached hydrogen (secondary N) is 1. The van der Waals surface area contributed by atoms with E-state index in [4.69, 9.17) is 17.1 Å². The van der Waals surface area contributed by atoms with Crippen LogP contribution < -0.4 is 5.32 Å². The lowest BCUT2D eigenvalue weighted by Crippen LogP contribution is -2.60. The third-order valence-electron chi connectivity index (χ3n) is 5.17. The van der Waals surface area contributed by atoms with Crippen LogP contribution in [0.2, 0.25) is 65.0 Å². The Kier molecular flexibility index (Phi) is 11.8. The molecule has 8 nitrogen and oxygen atoms in total. The molecule has 0 aromatic heterocycles. The molecule has 3 unspecified atom stereocenters. The number of ether oxygens (including phenoxy) is 1. The van der Waals surface area contributed by atoms with Gasteiger partial charge in [0.15, 0.2) is 25.0 Å². The molecule has 1 saturated carbocycles. The zero-order valence-electron chi connectivity index (χ0n) is 23.6. The standard InChI is InChI=1S/C23H49NO7Si4/c1-18(2)23(27)24-17-22(26)28-21-16-19(12-13-20(21)25)14-15-35(29-32(3,4)5,30-33(6,7)8)31-34(9,10)11/h19-21,25H,1,12-17H2,2-11H3,(H,24,27). The highest BCUT2D eigenvalue weighted by Gasteiger charge is 2.50. The lowest BCUT2D eigenvalue weighted by Gasteiger charge is -2.43. The van der Waals surface area contributed by atoms with E-state index < -0.39 is 57.8 Å². The second-order valence-corrected chi connectivity index (χ2v) is 29.6. The first kappa shape index (κ1) is 32.4. The van der Waals surface area contributed by atoms with Gasteiger partial charge in [-0.1, -0.05) is 6.58 Å². The number of amides is 1. The van der Waals surface area contributed by atoms with Gasteiger partial charge in [-0.05, 0) is 97.4 Å². The molecule has 12 heteroatoms. The van der Waals surface area contributed by atoms with Crippen molar-refractivity contribution < 1.29 is 31.8 Å². The molecule has 0 aromatic rings. The van der Waals surface area contributed by atoms with Crippen molar-refractivity contribution in [2.45, 2.75) is 110 Å². The maximum absolute atomic E-state index is 12.3. The molecule has 3 atom stereocenters. The van der Waals surface area contributed by atoms with Gasteiger partial charge in [0, 0.05) is 11.6 Å². The number of esters is 1. The fourth-order valence-electron chi connectivity index (χ4n) is 4.09. The highest BCUT2D eigenvalue weighted by molar-refractivity contribution is 6.90. The normalized spacial score (nSPS) is 22.0. The van der Waals surface area contributed by atoms with Crippen molar-refractivity contribution in [1.82, 2.24) is 5.32 Å². The second kappa shape index (κ2) is 12.8. The van der Waals surface area contributed by atoms with E-state index in [1.165, 1.54) is 0 Å². The minimum Gasteiger partial charge on any atom is -0.458 e. The number of hydrogen-bond acceptors (Lipinski definition) is 7. The average Bonchev–Trinajstić information content (AvgIpc) is 2.62. The Morgan fingerprint density at radius 1 is 0.914 bits per heavy atom. The predicted octanol–water partition coefficient (Wildman–Crippen LogP) is 4.64. The van der Waals surface area contributed by atoms with Crippen LogP contribution in [-0.4, -0.2) is 69.5 Å². The number of carbonyl (C=O) groups is 2. The lowest BCUT2D eigenvalue weighted by atomic mass is 9.84. The zero-order chi connectivity index (χ0) is 27.2. The van der Waals surface area contributed by atoms with E-state index in [1.54, 1.807) is 6.92 Å². The third-order valence-corrected chi connectivity index (χ3v) is 17.2. The smallest absolute Gasteiger partial charge is 0.458 e. The van der Waals surface area contributed by atoms with Crippen LogP contribution in [-0.2, 0) is 26.7 Å². The molecule has 204 valence electrons. The predicted molar refractivity (Wildman–Crippen MR) is 150 cm³/mol. The topological polar surface area (TPSA) is 103 Å². The third kappa shape index (κ3) is 13.5. The summed E-state index contributed by atoms with van der Waals surface area (Å²) in [6, 6.07) is 0.724. The van der Waals surface area contributed by atoms with Crippen LogP contribution >= 0.6 is 0 Å². The van der Waals surface area contributed by atoms with E-state index in [1.807, 2.05) is 0 Å². The van der Waals surface area contributed by atoms with E-state index in [0.29, 0.717) is 18.4 Å². The van der Waals surface area contributed by atoms with E-state index in [-0.39, 0.29) is 12.5 Å². The number of aliphatic hydroxyl groups excluding tert-OH is 1. The van der Waals surface area contributed by atoms with Gasteiger partial charge in [0.25, 0.3) is 0 Å². The monoisotopic (exact) mass is 563 g/mol. The molecule has 0 aromatic carbocycles. The summed E-state index contributed by atoms with van der Waals surface area (Å²) in [5.41, 5.74) is 0.324. The van der Waals surface area contributed by atoms with Gasteiger partial charge in [0.05, 0.1) is 6.10 Å². The summed E-state index contributed by atoms with van der Waals surface area (Å²) < 4.78 is 25.9. The molecule has 1 fully saturated rings. The molecule has 0 spiro atoms. The first-order chi connectivity index (χ1) is 15.7. The van der Waals surface area contributed by atoms with Crippen molar-refractivity contribution in [3.05, 3.63) is 12.2 Å². The van der Waals surface area contributed by atoms with Crippen LogP contribution in [0.25, 0.3) is 0 Å². The molecule has 1 rings (SSSR count). The Morgan fingerprint density at radius 2 is 1.40 bits per heavy atom. The molecule has 1 amide bonds. The molecule has 1 aliphatic rings. The minimum atomic E-state index is -2.93. The van der Waals surface area contributed by atoms with Gasteiger partial charge in [-0.25, -0.2) is 0 Å². The summed E-state index contributed by atoms with van der Waals surface area (Å²) in [6.45, 7) is 24.5.